The third kappa shape index (κ3) is 8.17. The predicted octanol–water partition coefficient (Wildman–Crippen LogP) is -3.50. The van der Waals surface area contributed by atoms with Crippen molar-refractivity contribution in [1.29, 1.82) is 0 Å². The smallest absolute Gasteiger partial charge is 0.545 e. The number of amides is 1. The maximum absolute atomic E-state index is 11.3. The molecule has 0 aromatic rings. The number of hydrogen-bond acceptors (Lipinski definition) is 3. The Morgan fingerprint density at radius 3 is 1.93 bits per heavy atom. The number of carbonyl (C=O) groups excluding carboxylic acids is 2. The molecule has 0 saturated heterocycles. The normalized spacial score (nSPS) is 9.07. The van der Waals surface area contributed by atoms with Crippen LogP contribution >= 0.6 is 0 Å². The number of aliphatic carboxylic acids is 1. The van der Waals surface area contributed by atoms with Crippen molar-refractivity contribution in [3.63, 3.8) is 0 Å². The van der Waals surface area contributed by atoms with Gasteiger partial charge in [0, 0.05) is 19.2 Å². The monoisotopic (exact) mass is 217 g/mol. The molecule has 0 spiro atoms. The van der Waals surface area contributed by atoms with E-state index in [2.05, 4.69) is 13.2 Å². The van der Waals surface area contributed by atoms with E-state index < -0.39 is 11.9 Å². The van der Waals surface area contributed by atoms with Gasteiger partial charge in [-0.1, -0.05) is 12.2 Å². The van der Waals surface area contributed by atoms with Crippen LogP contribution in [0.25, 0.3) is 0 Å². The SMILES string of the molecule is C=CCN(CC=C)C(=O)/C=C\C(=O)[O-].[Na+]. The Bertz CT molecular complexity index is 264. The van der Waals surface area contributed by atoms with E-state index in [1.54, 1.807) is 12.2 Å². The van der Waals surface area contributed by atoms with Gasteiger partial charge in [-0.2, -0.15) is 0 Å². The van der Waals surface area contributed by atoms with Crippen LogP contribution in [0.1, 0.15) is 0 Å². The minimum atomic E-state index is -1.39. The van der Waals surface area contributed by atoms with Crippen LogP contribution in [0.2, 0.25) is 0 Å². The summed E-state index contributed by atoms with van der Waals surface area (Å²) in [6, 6.07) is 0. The van der Waals surface area contributed by atoms with Crippen LogP contribution in [0, 0.1) is 0 Å². The van der Waals surface area contributed by atoms with Gasteiger partial charge in [0.2, 0.25) is 5.91 Å². The Labute approximate surface area is 111 Å². The van der Waals surface area contributed by atoms with Crippen molar-refractivity contribution in [2.24, 2.45) is 0 Å². The van der Waals surface area contributed by atoms with E-state index in [-0.39, 0.29) is 29.6 Å². The van der Waals surface area contributed by atoms with Crippen LogP contribution in [0.3, 0.4) is 0 Å². The van der Waals surface area contributed by atoms with Gasteiger partial charge in [0.1, 0.15) is 0 Å². The van der Waals surface area contributed by atoms with Crippen molar-refractivity contribution in [1.82, 2.24) is 4.90 Å². The van der Waals surface area contributed by atoms with Gasteiger partial charge in [-0.25, -0.2) is 0 Å². The van der Waals surface area contributed by atoms with Gasteiger partial charge in [0.25, 0.3) is 0 Å². The van der Waals surface area contributed by atoms with Gasteiger partial charge in [0.05, 0.1) is 5.97 Å². The number of hydrogen-bond donors (Lipinski definition) is 0. The number of rotatable bonds is 6. The topological polar surface area (TPSA) is 60.4 Å². The summed E-state index contributed by atoms with van der Waals surface area (Å²) in [4.78, 5) is 22.7. The average molecular weight is 217 g/mol. The van der Waals surface area contributed by atoms with Crippen molar-refractivity contribution >= 4 is 11.9 Å². The zero-order valence-electron chi connectivity index (χ0n) is 8.81. The molecule has 15 heavy (non-hydrogen) atoms. The largest absolute Gasteiger partial charge is 1.00 e. The minimum Gasteiger partial charge on any atom is -0.545 e. The first kappa shape index (κ1) is 16.6. The van der Waals surface area contributed by atoms with Gasteiger partial charge in [0.15, 0.2) is 0 Å². The Balaban J connectivity index is 0. The molecule has 0 aliphatic heterocycles. The molecule has 0 fully saturated rings. The standard InChI is InChI=1S/C10H13NO3.Na/c1-3-7-11(8-4-2)9(12)5-6-10(13)14;/h3-6H,1-2,7-8H2,(H,13,14);/q;+1/p-1/b6-5-;. The molecular formula is C10H12NNaO3. The van der Waals surface area contributed by atoms with Crippen LogP contribution < -0.4 is 34.7 Å². The molecule has 0 aliphatic carbocycles. The second kappa shape index (κ2) is 9.71. The number of carbonyl (C=O) groups is 2. The maximum Gasteiger partial charge on any atom is 1.00 e. The molecule has 76 valence electrons. The van der Waals surface area contributed by atoms with E-state index in [0.29, 0.717) is 19.2 Å². The third-order valence-corrected chi connectivity index (χ3v) is 1.37. The van der Waals surface area contributed by atoms with Gasteiger partial charge < -0.3 is 14.8 Å². The first-order valence-electron chi connectivity index (χ1n) is 4.01. The van der Waals surface area contributed by atoms with Crippen molar-refractivity contribution in [3.05, 3.63) is 37.5 Å². The molecular weight excluding hydrogens is 205 g/mol. The molecule has 1 amide bonds. The summed E-state index contributed by atoms with van der Waals surface area (Å²) in [7, 11) is 0. The quantitative estimate of drug-likeness (QED) is 0.263. The van der Waals surface area contributed by atoms with Crippen LogP contribution in [-0.2, 0) is 9.59 Å². The molecule has 0 heterocycles. The summed E-state index contributed by atoms with van der Waals surface area (Å²) in [5.41, 5.74) is 0. The van der Waals surface area contributed by atoms with E-state index in [1.165, 1.54) is 4.90 Å². The minimum absolute atomic E-state index is 0. The molecule has 5 heteroatoms. The van der Waals surface area contributed by atoms with Crippen molar-refractivity contribution in [2.75, 3.05) is 13.1 Å². The summed E-state index contributed by atoms with van der Waals surface area (Å²) in [5.74, 6) is -1.80. The zero-order valence-corrected chi connectivity index (χ0v) is 10.8. The van der Waals surface area contributed by atoms with Gasteiger partial charge in [-0.05, 0) is 6.08 Å². The van der Waals surface area contributed by atoms with Crippen molar-refractivity contribution in [2.45, 2.75) is 0 Å². The molecule has 0 rings (SSSR count). The molecule has 0 aliphatic rings. The first-order chi connectivity index (χ1) is 6.61. The Kier molecular flexibility index (Phi) is 10.7. The summed E-state index contributed by atoms with van der Waals surface area (Å²) in [6.45, 7) is 7.66. The average Bonchev–Trinajstić information content (AvgIpc) is 2.14. The molecule has 4 nitrogen and oxygen atoms in total. The van der Waals surface area contributed by atoms with E-state index in [9.17, 15) is 14.7 Å². The molecule has 0 saturated carbocycles. The summed E-state index contributed by atoms with van der Waals surface area (Å²) >= 11 is 0. The molecule has 0 unspecified atom stereocenters. The second-order valence-corrected chi connectivity index (χ2v) is 2.47. The zero-order chi connectivity index (χ0) is 11.0. The summed E-state index contributed by atoms with van der Waals surface area (Å²) in [6.07, 6.45) is 4.74. The number of carboxylic acids is 1. The van der Waals surface area contributed by atoms with Crippen LogP contribution in [0.4, 0.5) is 0 Å². The summed E-state index contributed by atoms with van der Waals surface area (Å²) < 4.78 is 0. The molecule has 0 bridgehead atoms. The van der Waals surface area contributed by atoms with E-state index in [4.69, 9.17) is 0 Å². The Morgan fingerprint density at radius 1 is 1.13 bits per heavy atom. The number of carboxylic acid groups (broad SMARTS) is 1. The van der Waals surface area contributed by atoms with Crippen molar-refractivity contribution in [3.8, 4) is 0 Å². The van der Waals surface area contributed by atoms with Crippen LogP contribution in [0.5, 0.6) is 0 Å². The fraction of sp³-hybridized carbons (Fsp3) is 0.200. The predicted molar refractivity (Wildman–Crippen MR) is 51.1 cm³/mol. The van der Waals surface area contributed by atoms with Crippen molar-refractivity contribution < 1.29 is 44.3 Å². The van der Waals surface area contributed by atoms with Crippen LogP contribution in [-0.4, -0.2) is 29.9 Å². The third-order valence-electron chi connectivity index (χ3n) is 1.37. The molecule has 0 atom stereocenters. The van der Waals surface area contributed by atoms with E-state index >= 15 is 0 Å². The van der Waals surface area contributed by atoms with Gasteiger partial charge in [-0.15, -0.1) is 13.2 Å². The fourth-order valence-corrected chi connectivity index (χ4v) is 0.811. The molecule has 0 N–H and O–H groups in total. The molecule has 0 aromatic carbocycles. The van der Waals surface area contributed by atoms with Gasteiger partial charge in [-0.3, -0.25) is 4.79 Å². The number of nitrogens with zero attached hydrogens (tertiary/aromatic N) is 1. The van der Waals surface area contributed by atoms with Crippen LogP contribution in [0.15, 0.2) is 37.5 Å². The fourth-order valence-electron chi connectivity index (χ4n) is 0.811. The second-order valence-electron chi connectivity index (χ2n) is 2.47. The molecule has 0 radical (unpaired) electrons. The van der Waals surface area contributed by atoms with Gasteiger partial charge >= 0.3 is 29.6 Å². The first-order valence-corrected chi connectivity index (χ1v) is 4.01. The van der Waals surface area contributed by atoms with E-state index in [0.717, 1.165) is 6.08 Å². The Hall–Kier alpha value is -0.840. The molecule has 0 aromatic heterocycles. The Morgan fingerprint density at radius 2 is 1.60 bits per heavy atom. The summed E-state index contributed by atoms with van der Waals surface area (Å²) in [5, 5.41) is 10.0. The maximum atomic E-state index is 11.3. The van der Waals surface area contributed by atoms with E-state index in [1.807, 2.05) is 0 Å².